The Kier molecular flexibility index (Phi) is 5.74. The van der Waals surface area contributed by atoms with Crippen LogP contribution in [-0.4, -0.2) is 16.0 Å². The van der Waals surface area contributed by atoms with E-state index in [9.17, 15) is 9.59 Å². The van der Waals surface area contributed by atoms with Gasteiger partial charge in [-0.1, -0.05) is 46.9 Å². The quantitative estimate of drug-likeness (QED) is 0.385. The molecule has 146 valence electrons. The first-order valence-electron chi connectivity index (χ1n) is 8.46. The first-order chi connectivity index (χ1) is 13.9. The third-order valence-electron chi connectivity index (χ3n) is 4.22. The van der Waals surface area contributed by atoms with E-state index in [1.165, 1.54) is 4.90 Å². The Labute approximate surface area is 186 Å². The van der Waals surface area contributed by atoms with Crippen LogP contribution in [-0.2, 0) is 11.3 Å². The lowest BCUT2D eigenvalue weighted by Gasteiger charge is -2.12. The van der Waals surface area contributed by atoms with Crippen LogP contribution in [0.1, 0.15) is 11.3 Å². The monoisotopic (exact) mass is 463 g/mol. The van der Waals surface area contributed by atoms with E-state index in [-0.39, 0.29) is 17.7 Å². The molecular formula is C21H12Cl3NO3S. The van der Waals surface area contributed by atoms with Crippen LogP contribution in [0.4, 0.5) is 4.79 Å². The average molecular weight is 465 g/mol. The van der Waals surface area contributed by atoms with Crippen molar-refractivity contribution in [2.75, 3.05) is 0 Å². The highest BCUT2D eigenvalue weighted by Gasteiger charge is 2.35. The van der Waals surface area contributed by atoms with Gasteiger partial charge in [0, 0.05) is 21.7 Å². The number of hydrogen-bond donors (Lipinski definition) is 0. The molecule has 1 fully saturated rings. The molecule has 3 aromatic rings. The summed E-state index contributed by atoms with van der Waals surface area (Å²) < 4.78 is 5.79. The molecule has 1 aliphatic heterocycles. The van der Waals surface area contributed by atoms with Gasteiger partial charge in [0.1, 0.15) is 11.5 Å². The minimum Gasteiger partial charge on any atom is -0.457 e. The maximum Gasteiger partial charge on any atom is 0.293 e. The Morgan fingerprint density at radius 2 is 1.66 bits per heavy atom. The fraction of sp³-hybridized carbons (Fsp3) is 0.0476. The molecular weight excluding hydrogens is 453 g/mol. The van der Waals surface area contributed by atoms with E-state index in [1.54, 1.807) is 60.7 Å². The molecule has 4 nitrogen and oxygen atoms in total. The highest BCUT2D eigenvalue weighted by Crippen LogP contribution is 2.36. The number of benzene rings is 2. The minimum atomic E-state index is -0.367. The lowest BCUT2D eigenvalue weighted by atomic mass is 10.2. The van der Waals surface area contributed by atoms with Crippen molar-refractivity contribution < 1.29 is 14.0 Å². The Morgan fingerprint density at radius 3 is 2.41 bits per heavy atom. The molecule has 0 bridgehead atoms. The first-order valence-corrected chi connectivity index (χ1v) is 10.4. The van der Waals surface area contributed by atoms with Crippen molar-refractivity contribution >= 4 is 63.8 Å². The zero-order valence-corrected chi connectivity index (χ0v) is 17.8. The number of carbonyl (C=O) groups excluding carboxylic acids is 2. The van der Waals surface area contributed by atoms with Crippen molar-refractivity contribution in [3.05, 3.63) is 85.9 Å². The van der Waals surface area contributed by atoms with Crippen LogP contribution in [0.25, 0.3) is 17.4 Å². The summed E-state index contributed by atoms with van der Waals surface area (Å²) in [5, 5.41) is 1.29. The summed E-state index contributed by atoms with van der Waals surface area (Å²) in [5.41, 5.74) is 1.46. The lowest BCUT2D eigenvalue weighted by Crippen LogP contribution is -2.27. The van der Waals surface area contributed by atoms with E-state index in [1.807, 2.05) is 0 Å². The van der Waals surface area contributed by atoms with Crippen molar-refractivity contribution in [1.82, 2.24) is 4.90 Å². The van der Waals surface area contributed by atoms with Crippen molar-refractivity contribution in [2.24, 2.45) is 0 Å². The van der Waals surface area contributed by atoms with Crippen LogP contribution in [0, 0.1) is 0 Å². The molecule has 2 heterocycles. The molecule has 8 heteroatoms. The van der Waals surface area contributed by atoms with Crippen molar-refractivity contribution in [2.45, 2.75) is 6.54 Å². The fourth-order valence-corrected chi connectivity index (χ4v) is 4.13. The number of rotatable bonds is 4. The molecule has 29 heavy (non-hydrogen) atoms. The highest BCUT2D eigenvalue weighted by molar-refractivity contribution is 8.18. The van der Waals surface area contributed by atoms with Gasteiger partial charge in [0.25, 0.3) is 11.1 Å². The van der Waals surface area contributed by atoms with Crippen LogP contribution < -0.4 is 0 Å². The number of imide groups is 1. The smallest absolute Gasteiger partial charge is 0.293 e. The Hall–Kier alpha value is -2.18. The second-order valence-electron chi connectivity index (χ2n) is 6.22. The molecule has 0 spiro atoms. The van der Waals surface area contributed by atoms with Crippen LogP contribution in [0.15, 0.2) is 63.9 Å². The predicted molar refractivity (Wildman–Crippen MR) is 117 cm³/mol. The van der Waals surface area contributed by atoms with Crippen molar-refractivity contribution in [1.29, 1.82) is 0 Å². The molecule has 0 aliphatic carbocycles. The normalized spacial score (nSPS) is 15.6. The van der Waals surface area contributed by atoms with Gasteiger partial charge in [0.2, 0.25) is 0 Å². The Bertz CT molecular complexity index is 1140. The van der Waals surface area contributed by atoms with Crippen LogP contribution >= 0.6 is 46.6 Å². The molecule has 0 saturated carbocycles. The number of halogens is 3. The summed E-state index contributed by atoms with van der Waals surface area (Å²) in [4.78, 5) is 26.5. The third kappa shape index (κ3) is 4.38. The highest BCUT2D eigenvalue weighted by atomic mass is 35.5. The summed E-state index contributed by atoms with van der Waals surface area (Å²) in [6, 6.07) is 15.5. The van der Waals surface area contributed by atoms with Crippen molar-refractivity contribution in [3.63, 3.8) is 0 Å². The minimum absolute atomic E-state index is 0.181. The zero-order chi connectivity index (χ0) is 20.5. The first kappa shape index (κ1) is 20.1. The van der Waals surface area contributed by atoms with E-state index in [2.05, 4.69) is 0 Å². The third-order valence-corrected chi connectivity index (χ3v) is 5.95. The van der Waals surface area contributed by atoms with Gasteiger partial charge in [0.05, 0.1) is 16.5 Å². The van der Waals surface area contributed by atoms with E-state index in [0.717, 1.165) is 17.3 Å². The number of amides is 2. The molecule has 2 aromatic carbocycles. The number of thioether (sulfide) groups is 1. The van der Waals surface area contributed by atoms with Gasteiger partial charge in [-0.05, 0) is 59.8 Å². The SMILES string of the molecule is O=C1S/C(=C\c2ccc(-c3cc(Cl)ccc3Cl)o2)C(=O)N1Cc1ccc(Cl)cc1. The topological polar surface area (TPSA) is 50.5 Å². The molecule has 4 rings (SSSR count). The number of hydrogen-bond acceptors (Lipinski definition) is 4. The molecule has 0 atom stereocenters. The molecule has 0 N–H and O–H groups in total. The summed E-state index contributed by atoms with van der Waals surface area (Å²) in [5.74, 6) is 0.589. The van der Waals surface area contributed by atoms with Gasteiger partial charge in [-0.15, -0.1) is 0 Å². The van der Waals surface area contributed by atoms with E-state index in [0.29, 0.717) is 37.1 Å². The second kappa shape index (κ2) is 8.28. The maximum absolute atomic E-state index is 12.7. The fourth-order valence-electron chi connectivity index (χ4n) is 2.80. The largest absolute Gasteiger partial charge is 0.457 e. The molecule has 1 saturated heterocycles. The Morgan fingerprint density at radius 1 is 0.931 bits per heavy atom. The molecule has 1 aromatic heterocycles. The van der Waals surface area contributed by atoms with E-state index >= 15 is 0 Å². The number of carbonyl (C=O) groups is 2. The molecule has 0 radical (unpaired) electrons. The predicted octanol–water partition coefficient (Wildman–Crippen LogP) is 7.14. The van der Waals surface area contributed by atoms with E-state index < -0.39 is 0 Å². The van der Waals surface area contributed by atoms with Crippen LogP contribution in [0.5, 0.6) is 0 Å². The van der Waals surface area contributed by atoms with Gasteiger partial charge in [-0.2, -0.15) is 0 Å². The average Bonchev–Trinajstić information content (AvgIpc) is 3.26. The van der Waals surface area contributed by atoms with Gasteiger partial charge in [-0.25, -0.2) is 0 Å². The van der Waals surface area contributed by atoms with Crippen LogP contribution in [0.3, 0.4) is 0 Å². The summed E-state index contributed by atoms with van der Waals surface area (Å²) >= 11 is 19.0. The van der Waals surface area contributed by atoms with E-state index in [4.69, 9.17) is 39.2 Å². The maximum atomic E-state index is 12.7. The number of furan rings is 1. The molecule has 1 aliphatic rings. The summed E-state index contributed by atoms with van der Waals surface area (Å²) in [7, 11) is 0. The van der Waals surface area contributed by atoms with Crippen LogP contribution in [0.2, 0.25) is 15.1 Å². The number of nitrogens with zero attached hydrogens (tertiary/aromatic N) is 1. The molecule has 0 unspecified atom stereocenters. The standard InChI is InChI=1S/C21H12Cl3NO3S/c22-13-3-1-12(2-4-13)11-25-20(26)19(29-21(25)27)10-15-6-8-18(28-15)16-9-14(23)5-7-17(16)24/h1-10H,11H2/b19-10-. The van der Waals surface area contributed by atoms with Gasteiger partial charge in [0.15, 0.2) is 0 Å². The van der Waals surface area contributed by atoms with Gasteiger partial charge in [-0.3, -0.25) is 14.5 Å². The summed E-state index contributed by atoms with van der Waals surface area (Å²) in [6.45, 7) is 0.181. The second-order valence-corrected chi connectivity index (χ2v) is 8.49. The summed E-state index contributed by atoms with van der Waals surface area (Å²) in [6.07, 6.45) is 1.55. The lowest BCUT2D eigenvalue weighted by molar-refractivity contribution is -0.123. The Balaban J connectivity index is 1.55. The van der Waals surface area contributed by atoms with Gasteiger partial charge < -0.3 is 4.42 Å². The molecule has 2 amide bonds. The van der Waals surface area contributed by atoms with Crippen molar-refractivity contribution in [3.8, 4) is 11.3 Å². The van der Waals surface area contributed by atoms with Gasteiger partial charge >= 0.3 is 0 Å². The zero-order valence-electron chi connectivity index (χ0n) is 14.7.